The van der Waals surface area contributed by atoms with Crippen LogP contribution in [0.1, 0.15) is 43.4 Å². The third-order valence-corrected chi connectivity index (χ3v) is 3.68. The van der Waals surface area contributed by atoms with Gasteiger partial charge in [-0.25, -0.2) is 8.78 Å². The van der Waals surface area contributed by atoms with E-state index in [1.54, 1.807) is 6.92 Å². The Labute approximate surface area is 101 Å². The van der Waals surface area contributed by atoms with Gasteiger partial charge in [-0.1, -0.05) is 6.42 Å². The standard InChI is InChI=1S/C14H19F2N/c1-9-6-14(16)12(7-13(9)15)10(2)17-8-11-4-3-5-11/h6-7,10-11,17H,3-5,8H2,1-2H3. The van der Waals surface area contributed by atoms with E-state index in [2.05, 4.69) is 5.32 Å². The third-order valence-electron chi connectivity index (χ3n) is 3.68. The Morgan fingerprint density at radius 3 is 2.59 bits per heavy atom. The number of hydrogen-bond donors (Lipinski definition) is 1. The van der Waals surface area contributed by atoms with E-state index in [4.69, 9.17) is 0 Å². The lowest BCUT2D eigenvalue weighted by atomic mass is 9.85. The van der Waals surface area contributed by atoms with Gasteiger partial charge in [0.25, 0.3) is 0 Å². The van der Waals surface area contributed by atoms with E-state index in [0.29, 0.717) is 11.1 Å². The predicted molar refractivity (Wildman–Crippen MR) is 64.9 cm³/mol. The quantitative estimate of drug-likeness (QED) is 0.844. The first-order valence-corrected chi connectivity index (χ1v) is 6.27. The highest BCUT2D eigenvalue weighted by molar-refractivity contribution is 5.27. The van der Waals surface area contributed by atoms with Crippen LogP contribution in [-0.4, -0.2) is 6.54 Å². The molecule has 0 bridgehead atoms. The number of rotatable bonds is 4. The Hall–Kier alpha value is -0.960. The van der Waals surface area contributed by atoms with Crippen molar-refractivity contribution in [1.82, 2.24) is 5.32 Å². The third kappa shape index (κ3) is 2.83. The van der Waals surface area contributed by atoms with Crippen molar-refractivity contribution in [3.63, 3.8) is 0 Å². The Bertz CT molecular complexity index is 399. The monoisotopic (exact) mass is 239 g/mol. The Kier molecular flexibility index (Phi) is 3.77. The first-order chi connectivity index (χ1) is 8.08. The average molecular weight is 239 g/mol. The van der Waals surface area contributed by atoms with Crippen LogP contribution in [0.5, 0.6) is 0 Å². The highest BCUT2D eigenvalue weighted by atomic mass is 19.1. The van der Waals surface area contributed by atoms with Crippen molar-refractivity contribution in [3.8, 4) is 0 Å². The lowest BCUT2D eigenvalue weighted by Gasteiger charge is -2.27. The minimum Gasteiger partial charge on any atom is -0.310 e. The minimum atomic E-state index is -0.335. The normalized spacial score (nSPS) is 17.9. The predicted octanol–water partition coefficient (Wildman–Crippen LogP) is 3.72. The maximum Gasteiger partial charge on any atom is 0.128 e. The van der Waals surface area contributed by atoms with Crippen molar-refractivity contribution in [2.24, 2.45) is 5.92 Å². The molecule has 3 heteroatoms. The van der Waals surface area contributed by atoms with E-state index >= 15 is 0 Å². The van der Waals surface area contributed by atoms with Gasteiger partial charge in [-0.3, -0.25) is 0 Å². The molecule has 0 radical (unpaired) electrons. The van der Waals surface area contributed by atoms with Gasteiger partial charge in [0, 0.05) is 11.6 Å². The van der Waals surface area contributed by atoms with E-state index in [1.165, 1.54) is 31.4 Å². The summed E-state index contributed by atoms with van der Waals surface area (Å²) in [5, 5.41) is 3.28. The summed E-state index contributed by atoms with van der Waals surface area (Å²) in [5.41, 5.74) is 0.782. The minimum absolute atomic E-state index is 0.134. The molecule has 94 valence electrons. The molecule has 0 spiro atoms. The van der Waals surface area contributed by atoms with Crippen molar-refractivity contribution in [2.45, 2.75) is 39.2 Å². The molecule has 1 saturated carbocycles. The lowest BCUT2D eigenvalue weighted by molar-refractivity contribution is 0.291. The highest BCUT2D eigenvalue weighted by Crippen LogP contribution is 2.27. The van der Waals surface area contributed by atoms with Gasteiger partial charge in [0.1, 0.15) is 11.6 Å². The molecule has 17 heavy (non-hydrogen) atoms. The maximum absolute atomic E-state index is 13.7. The van der Waals surface area contributed by atoms with Gasteiger partial charge in [-0.15, -0.1) is 0 Å². The molecule has 0 heterocycles. The Morgan fingerprint density at radius 1 is 1.29 bits per heavy atom. The molecule has 0 saturated heterocycles. The van der Waals surface area contributed by atoms with Gasteiger partial charge in [-0.2, -0.15) is 0 Å². The molecule has 0 aromatic heterocycles. The zero-order valence-corrected chi connectivity index (χ0v) is 10.4. The van der Waals surface area contributed by atoms with Crippen molar-refractivity contribution < 1.29 is 8.78 Å². The molecule has 1 nitrogen and oxygen atoms in total. The molecule has 1 aromatic rings. The molecule has 1 fully saturated rings. The summed E-state index contributed by atoms with van der Waals surface area (Å²) in [6, 6.07) is 2.45. The average Bonchev–Trinajstić information content (AvgIpc) is 2.21. The molecule has 2 rings (SSSR count). The van der Waals surface area contributed by atoms with E-state index < -0.39 is 0 Å². The number of benzene rings is 1. The summed E-state index contributed by atoms with van der Waals surface area (Å²) in [5.74, 6) is 0.0620. The zero-order valence-electron chi connectivity index (χ0n) is 10.4. The molecule has 1 atom stereocenters. The smallest absolute Gasteiger partial charge is 0.128 e. The second kappa shape index (κ2) is 5.13. The van der Waals surface area contributed by atoms with Crippen molar-refractivity contribution in [1.29, 1.82) is 0 Å². The number of aryl methyl sites for hydroxylation is 1. The second-order valence-corrected chi connectivity index (χ2v) is 5.05. The molecule has 1 N–H and O–H groups in total. The molecule has 0 aliphatic heterocycles. The molecule has 1 aromatic carbocycles. The first kappa shape index (κ1) is 12.5. The molecule has 1 unspecified atom stereocenters. The van der Waals surface area contributed by atoms with Gasteiger partial charge in [0.2, 0.25) is 0 Å². The second-order valence-electron chi connectivity index (χ2n) is 5.05. The fourth-order valence-corrected chi connectivity index (χ4v) is 2.14. The summed E-state index contributed by atoms with van der Waals surface area (Å²) < 4.78 is 27.1. The van der Waals surface area contributed by atoms with Crippen LogP contribution >= 0.6 is 0 Å². The fourth-order valence-electron chi connectivity index (χ4n) is 2.14. The van der Waals surface area contributed by atoms with Gasteiger partial charge in [-0.05, 0) is 56.8 Å². The topological polar surface area (TPSA) is 12.0 Å². The van der Waals surface area contributed by atoms with Crippen LogP contribution in [-0.2, 0) is 0 Å². The van der Waals surface area contributed by atoms with Crippen LogP contribution in [0.15, 0.2) is 12.1 Å². The number of hydrogen-bond acceptors (Lipinski definition) is 1. The summed E-state index contributed by atoms with van der Waals surface area (Å²) in [6.07, 6.45) is 3.81. The summed E-state index contributed by atoms with van der Waals surface area (Å²) >= 11 is 0. The zero-order chi connectivity index (χ0) is 12.4. The van der Waals surface area contributed by atoms with E-state index in [1.807, 2.05) is 6.92 Å². The SMILES string of the molecule is Cc1cc(F)c(C(C)NCC2CCC2)cc1F. The molecule has 1 aliphatic carbocycles. The van der Waals surface area contributed by atoms with Gasteiger partial charge < -0.3 is 5.32 Å². The Balaban J connectivity index is 2.01. The number of nitrogens with one attached hydrogen (secondary N) is 1. The fraction of sp³-hybridized carbons (Fsp3) is 0.571. The molecular formula is C14H19F2N. The summed E-state index contributed by atoms with van der Waals surface area (Å²) in [6.45, 7) is 4.36. The first-order valence-electron chi connectivity index (χ1n) is 6.27. The van der Waals surface area contributed by atoms with E-state index in [-0.39, 0.29) is 17.7 Å². The Morgan fingerprint density at radius 2 is 2.00 bits per heavy atom. The highest BCUT2D eigenvalue weighted by Gasteiger charge is 2.19. The van der Waals surface area contributed by atoms with Crippen molar-refractivity contribution >= 4 is 0 Å². The number of halogens is 2. The van der Waals surface area contributed by atoms with Crippen LogP contribution < -0.4 is 5.32 Å². The molecule has 0 amide bonds. The van der Waals surface area contributed by atoms with Crippen LogP contribution in [0.2, 0.25) is 0 Å². The summed E-state index contributed by atoms with van der Waals surface area (Å²) in [4.78, 5) is 0. The van der Waals surface area contributed by atoms with Crippen molar-refractivity contribution in [3.05, 3.63) is 34.9 Å². The van der Waals surface area contributed by atoms with Crippen LogP contribution in [0.4, 0.5) is 8.78 Å². The van der Waals surface area contributed by atoms with Crippen LogP contribution in [0, 0.1) is 24.5 Å². The van der Waals surface area contributed by atoms with Crippen LogP contribution in [0.3, 0.4) is 0 Å². The van der Waals surface area contributed by atoms with E-state index in [0.717, 1.165) is 12.5 Å². The lowest BCUT2D eigenvalue weighted by Crippen LogP contribution is -2.29. The largest absolute Gasteiger partial charge is 0.310 e. The molecule has 1 aliphatic rings. The van der Waals surface area contributed by atoms with E-state index in [9.17, 15) is 8.78 Å². The van der Waals surface area contributed by atoms with Gasteiger partial charge >= 0.3 is 0 Å². The van der Waals surface area contributed by atoms with Crippen molar-refractivity contribution in [2.75, 3.05) is 6.54 Å². The summed E-state index contributed by atoms with van der Waals surface area (Å²) in [7, 11) is 0. The van der Waals surface area contributed by atoms with Gasteiger partial charge in [0.15, 0.2) is 0 Å². The van der Waals surface area contributed by atoms with Crippen LogP contribution in [0.25, 0.3) is 0 Å². The molecular weight excluding hydrogens is 220 g/mol. The maximum atomic E-state index is 13.7. The van der Waals surface area contributed by atoms with Gasteiger partial charge in [0.05, 0.1) is 0 Å².